The van der Waals surface area contributed by atoms with Crippen LogP contribution in [0.15, 0.2) is 18.3 Å². The SMILES string of the molecule is CCNCC1CCN(Cc2ccc(OC)nc2)C1. The number of hydrogen-bond acceptors (Lipinski definition) is 4. The van der Waals surface area contributed by atoms with E-state index < -0.39 is 0 Å². The highest BCUT2D eigenvalue weighted by molar-refractivity contribution is 5.17. The summed E-state index contributed by atoms with van der Waals surface area (Å²) in [5.74, 6) is 1.49. The van der Waals surface area contributed by atoms with Crippen LogP contribution in [0.25, 0.3) is 0 Å². The normalized spacial score (nSPS) is 20.2. The lowest BCUT2D eigenvalue weighted by Gasteiger charge is -2.16. The van der Waals surface area contributed by atoms with Crippen molar-refractivity contribution >= 4 is 0 Å². The van der Waals surface area contributed by atoms with Gasteiger partial charge >= 0.3 is 0 Å². The van der Waals surface area contributed by atoms with Crippen molar-refractivity contribution in [3.8, 4) is 5.88 Å². The monoisotopic (exact) mass is 249 g/mol. The zero-order valence-corrected chi connectivity index (χ0v) is 11.4. The Balaban J connectivity index is 1.79. The third-order valence-corrected chi connectivity index (χ3v) is 3.47. The zero-order chi connectivity index (χ0) is 12.8. The Bertz CT molecular complexity index is 353. The molecular weight excluding hydrogens is 226 g/mol. The molecule has 1 saturated heterocycles. The van der Waals surface area contributed by atoms with E-state index in [0.29, 0.717) is 5.88 Å². The molecule has 0 aliphatic carbocycles. The van der Waals surface area contributed by atoms with Crippen LogP contribution in [0, 0.1) is 5.92 Å². The third kappa shape index (κ3) is 3.68. The van der Waals surface area contributed by atoms with Gasteiger partial charge in [-0.25, -0.2) is 4.98 Å². The van der Waals surface area contributed by atoms with E-state index in [4.69, 9.17) is 4.74 Å². The molecule has 18 heavy (non-hydrogen) atoms. The van der Waals surface area contributed by atoms with Gasteiger partial charge in [0.05, 0.1) is 7.11 Å². The van der Waals surface area contributed by atoms with E-state index in [1.807, 2.05) is 12.3 Å². The number of rotatable bonds is 6. The Morgan fingerprint density at radius 3 is 3.06 bits per heavy atom. The van der Waals surface area contributed by atoms with Crippen molar-refractivity contribution in [3.05, 3.63) is 23.9 Å². The van der Waals surface area contributed by atoms with E-state index in [2.05, 4.69) is 28.2 Å². The molecule has 2 heterocycles. The van der Waals surface area contributed by atoms with Gasteiger partial charge in [-0.1, -0.05) is 13.0 Å². The van der Waals surface area contributed by atoms with Gasteiger partial charge in [0.25, 0.3) is 0 Å². The number of nitrogens with one attached hydrogen (secondary N) is 1. The Labute approximate surface area is 109 Å². The zero-order valence-electron chi connectivity index (χ0n) is 11.4. The maximum Gasteiger partial charge on any atom is 0.212 e. The third-order valence-electron chi connectivity index (χ3n) is 3.47. The summed E-state index contributed by atoms with van der Waals surface area (Å²) in [6.45, 7) is 7.77. The van der Waals surface area contributed by atoms with E-state index in [9.17, 15) is 0 Å². The molecule has 1 aliphatic heterocycles. The summed E-state index contributed by atoms with van der Waals surface area (Å²) in [6.07, 6.45) is 3.22. The van der Waals surface area contributed by atoms with Gasteiger partial charge in [0, 0.05) is 25.4 Å². The predicted octanol–water partition coefficient (Wildman–Crippen LogP) is 1.52. The lowest BCUT2D eigenvalue weighted by atomic mass is 10.1. The van der Waals surface area contributed by atoms with E-state index in [-0.39, 0.29) is 0 Å². The van der Waals surface area contributed by atoms with Crippen molar-refractivity contribution in [1.29, 1.82) is 0 Å². The summed E-state index contributed by atoms with van der Waals surface area (Å²) in [7, 11) is 1.65. The molecular formula is C14H23N3O. The predicted molar refractivity (Wildman–Crippen MR) is 72.7 cm³/mol. The van der Waals surface area contributed by atoms with Crippen LogP contribution in [0.1, 0.15) is 18.9 Å². The summed E-state index contributed by atoms with van der Waals surface area (Å²) in [4.78, 5) is 6.75. The van der Waals surface area contributed by atoms with Crippen LogP contribution in [0.2, 0.25) is 0 Å². The van der Waals surface area contributed by atoms with E-state index >= 15 is 0 Å². The van der Waals surface area contributed by atoms with E-state index in [0.717, 1.165) is 25.6 Å². The first-order valence-corrected chi connectivity index (χ1v) is 6.73. The number of methoxy groups -OCH3 is 1. The van der Waals surface area contributed by atoms with Crippen molar-refractivity contribution in [1.82, 2.24) is 15.2 Å². The van der Waals surface area contributed by atoms with Crippen LogP contribution in [-0.4, -0.2) is 43.2 Å². The molecule has 100 valence electrons. The molecule has 0 amide bonds. The van der Waals surface area contributed by atoms with Gasteiger partial charge in [0.1, 0.15) is 0 Å². The molecule has 1 aromatic rings. The second-order valence-electron chi connectivity index (χ2n) is 4.91. The average molecular weight is 249 g/mol. The first-order valence-electron chi connectivity index (χ1n) is 6.73. The highest BCUT2D eigenvalue weighted by Crippen LogP contribution is 2.18. The Morgan fingerprint density at radius 2 is 2.39 bits per heavy atom. The summed E-state index contributed by atoms with van der Waals surface area (Å²) in [5.41, 5.74) is 1.26. The Morgan fingerprint density at radius 1 is 1.50 bits per heavy atom. The topological polar surface area (TPSA) is 37.4 Å². The van der Waals surface area contributed by atoms with Gasteiger partial charge in [-0.15, -0.1) is 0 Å². The molecule has 0 aromatic carbocycles. The van der Waals surface area contributed by atoms with Crippen LogP contribution in [-0.2, 0) is 6.54 Å². The number of ether oxygens (including phenoxy) is 1. The number of hydrogen-bond donors (Lipinski definition) is 1. The smallest absolute Gasteiger partial charge is 0.212 e. The number of likely N-dealkylation sites (tertiary alicyclic amines) is 1. The van der Waals surface area contributed by atoms with Crippen LogP contribution < -0.4 is 10.1 Å². The molecule has 0 bridgehead atoms. The summed E-state index contributed by atoms with van der Waals surface area (Å²) in [6, 6.07) is 4.03. The van der Waals surface area contributed by atoms with Gasteiger partial charge in [-0.2, -0.15) is 0 Å². The lowest BCUT2D eigenvalue weighted by Crippen LogP contribution is -2.26. The standard InChI is InChI=1S/C14H23N3O/c1-3-15-8-13-6-7-17(11-13)10-12-4-5-14(18-2)16-9-12/h4-5,9,13,15H,3,6-8,10-11H2,1-2H3. The largest absolute Gasteiger partial charge is 0.481 e. The quantitative estimate of drug-likeness (QED) is 0.829. The summed E-state index contributed by atoms with van der Waals surface area (Å²) < 4.78 is 5.07. The fourth-order valence-electron chi connectivity index (χ4n) is 2.45. The van der Waals surface area contributed by atoms with Gasteiger partial charge < -0.3 is 10.1 Å². The Kier molecular flexibility index (Phi) is 4.96. The maximum atomic E-state index is 5.07. The molecule has 1 unspecified atom stereocenters. The molecule has 1 fully saturated rings. The molecule has 4 heteroatoms. The molecule has 1 N–H and O–H groups in total. The summed E-state index contributed by atoms with van der Waals surface area (Å²) in [5, 5.41) is 3.43. The van der Waals surface area contributed by atoms with Crippen LogP contribution >= 0.6 is 0 Å². The van der Waals surface area contributed by atoms with Crippen molar-refractivity contribution in [2.24, 2.45) is 5.92 Å². The van der Waals surface area contributed by atoms with Gasteiger partial charge in [0.2, 0.25) is 5.88 Å². The molecule has 1 atom stereocenters. The molecule has 0 spiro atoms. The first kappa shape index (κ1) is 13.3. The van der Waals surface area contributed by atoms with Crippen molar-refractivity contribution in [2.75, 3.05) is 33.3 Å². The molecule has 2 rings (SSSR count). The van der Waals surface area contributed by atoms with E-state index in [1.165, 1.54) is 25.1 Å². The second-order valence-corrected chi connectivity index (χ2v) is 4.91. The van der Waals surface area contributed by atoms with Crippen LogP contribution in [0.4, 0.5) is 0 Å². The highest BCUT2D eigenvalue weighted by atomic mass is 16.5. The minimum atomic E-state index is 0.685. The number of pyridine rings is 1. The first-order chi connectivity index (χ1) is 8.81. The fourth-order valence-corrected chi connectivity index (χ4v) is 2.45. The van der Waals surface area contributed by atoms with Crippen molar-refractivity contribution in [2.45, 2.75) is 19.9 Å². The van der Waals surface area contributed by atoms with E-state index in [1.54, 1.807) is 7.11 Å². The molecule has 0 saturated carbocycles. The second kappa shape index (κ2) is 6.71. The fraction of sp³-hybridized carbons (Fsp3) is 0.643. The lowest BCUT2D eigenvalue weighted by molar-refractivity contribution is 0.313. The van der Waals surface area contributed by atoms with Gasteiger partial charge in [-0.3, -0.25) is 4.90 Å². The minimum Gasteiger partial charge on any atom is -0.481 e. The average Bonchev–Trinajstić information content (AvgIpc) is 2.85. The maximum absolute atomic E-state index is 5.07. The van der Waals surface area contributed by atoms with Crippen molar-refractivity contribution in [3.63, 3.8) is 0 Å². The molecule has 0 radical (unpaired) electrons. The number of nitrogens with zero attached hydrogens (tertiary/aromatic N) is 2. The summed E-state index contributed by atoms with van der Waals surface area (Å²) >= 11 is 0. The minimum absolute atomic E-state index is 0.685. The van der Waals surface area contributed by atoms with Gasteiger partial charge in [-0.05, 0) is 37.5 Å². The van der Waals surface area contributed by atoms with Crippen molar-refractivity contribution < 1.29 is 4.74 Å². The van der Waals surface area contributed by atoms with Gasteiger partial charge in [0.15, 0.2) is 0 Å². The Hall–Kier alpha value is -1.13. The number of aromatic nitrogens is 1. The van der Waals surface area contributed by atoms with Crippen LogP contribution in [0.5, 0.6) is 5.88 Å². The highest BCUT2D eigenvalue weighted by Gasteiger charge is 2.21. The van der Waals surface area contributed by atoms with Crippen LogP contribution in [0.3, 0.4) is 0 Å². The molecule has 1 aromatic heterocycles. The molecule has 4 nitrogen and oxygen atoms in total. The molecule has 1 aliphatic rings.